The number of rotatable bonds is 7. The van der Waals surface area contributed by atoms with Crippen LogP contribution in [0, 0.1) is 5.41 Å². The first-order valence-corrected chi connectivity index (χ1v) is 6.63. The summed E-state index contributed by atoms with van der Waals surface area (Å²) in [6.07, 6.45) is 6.21. The van der Waals surface area contributed by atoms with Gasteiger partial charge in [-0.2, -0.15) is 16.9 Å². The van der Waals surface area contributed by atoms with E-state index in [0.29, 0.717) is 6.42 Å². The van der Waals surface area contributed by atoms with Gasteiger partial charge in [0, 0.05) is 24.7 Å². The second kappa shape index (κ2) is 4.91. The number of carbonyl (C=O) groups is 1. The Morgan fingerprint density at radius 2 is 2.38 bits per heavy atom. The lowest BCUT2D eigenvalue weighted by molar-refractivity contribution is -0.138. The number of hydrogen-bond donors (Lipinski definition) is 1. The molecule has 1 heterocycles. The number of hydrogen-bond acceptors (Lipinski definition) is 3. The Balaban J connectivity index is 1.63. The predicted molar refractivity (Wildman–Crippen MR) is 63.5 cm³/mol. The summed E-state index contributed by atoms with van der Waals surface area (Å²) >= 11 is 1.84. The average Bonchev–Trinajstić information content (AvgIpc) is 2.79. The lowest BCUT2D eigenvalue weighted by atomic mass is 10.1. The quantitative estimate of drug-likeness (QED) is 0.739. The van der Waals surface area contributed by atoms with Gasteiger partial charge in [0.1, 0.15) is 0 Å². The molecule has 0 atom stereocenters. The molecule has 0 radical (unpaired) electrons. The fourth-order valence-corrected chi connectivity index (χ4v) is 3.03. The third kappa shape index (κ3) is 3.27. The van der Waals surface area contributed by atoms with Crippen LogP contribution in [0.4, 0.5) is 0 Å². The van der Waals surface area contributed by atoms with E-state index in [1.807, 2.05) is 28.7 Å². The first kappa shape index (κ1) is 11.5. The van der Waals surface area contributed by atoms with Crippen LogP contribution in [-0.4, -0.2) is 32.4 Å². The summed E-state index contributed by atoms with van der Waals surface area (Å²) in [7, 11) is 0. The summed E-state index contributed by atoms with van der Waals surface area (Å²) < 4.78 is 1.91. The number of thioether (sulfide) groups is 1. The van der Waals surface area contributed by atoms with Crippen molar-refractivity contribution < 1.29 is 9.90 Å². The van der Waals surface area contributed by atoms with Crippen LogP contribution in [0.2, 0.25) is 0 Å². The van der Waals surface area contributed by atoms with Crippen molar-refractivity contribution in [2.24, 2.45) is 5.41 Å². The Labute approximate surface area is 99.0 Å². The Bertz CT molecular complexity index is 347. The van der Waals surface area contributed by atoms with E-state index < -0.39 is 5.97 Å². The third-order valence-electron chi connectivity index (χ3n) is 2.92. The number of aryl methyl sites for hydroxylation is 1. The molecule has 0 aliphatic heterocycles. The van der Waals surface area contributed by atoms with Crippen molar-refractivity contribution >= 4 is 17.7 Å². The molecule has 4 nitrogen and oxygen atoms in total. The highest BCUT2D eigenvalue weighted by Gasteiger charge is 2.43. The molecule has 1 aromatic heterocycles. The van der Waals surface area contributed by atoms with Crippen molar-refractivity contribution in [2.75, 3.05) is 11.5 Å². The smallest absolute Gasteiger partial charge is 0.303 e. The second-order valence-corrected chi connectivity index (χ2v) is 5.50. The highest BCUT2D eigenvalue weighted by molar-refractivity contribution is 7.99. The predicted octanol–water partition coefficient (Wildman–Crippen LogP) is 1.87. The first-order chi connectivity index (χ1) is 7.70. The van der Waals surface area contributed by atoms with Crippen molar-refractivity contribution in [1.29, 1.82) is 0 Å². The van der Waals surface area contributed by atoms with E-state index in [1.165, 1.54) is 0 Å². The zero-order chi connectivity index (χ0) is 11.4. The summed E-state index contributed by atoms with van der Waals surface area (Å²) in [5.41, 5.74) is 0.112. The molecule has 1 aliphatic rings. The lowest BCUT2D eigenvalue weighted by Gasteiger charge is -2.11. The third-order valence-corrected chi connectivity index (χ3v) is 4.20. The summed E-state index contributed by atoms with van der Waals surface area (Å²) in [6, 6.07) is 1.91. The topological polar surface area (TPSA) is 55.1 Å². The van der Waals surface area contributed by atoms with Crippen molar-refractivity contribution in [3.63, 3.8) is 0 Å². The van der Waals surface area contributed by atoms with Gasteiger partial charge >= 0.3 is 5.97 Å². The van der Waals surface area contributed by atoms with Crippen molar-refractivity contribution in [2.45, 2.75) is 25.8 Å². The molecule has 0 saturated heterocycles. The van der Waals surface area contributed by atoms with Crippen LogP contribution in [0.15, 0.2) is 18.5 Å². The fraction of sp³-hybridized carbons (Fsp3) is 0.636. The monoisotopic (exact) mass is 240 g/mol. The molecular weight excluding hydrogens is 224 g/mol. The molecule has 0 bridgehead atoms. The van der Waals surface area contributed by atoms with Crippen LogP contribution in [0.1, 0.15) is 19.3 Å². The molecule has 1 N–H and O–H groups in total. The van der Waals surface area contributed by atoms with Crippen LogP contribution >= 0.6 is 11.8 Å². The molecule has 0 spiro atoms. The van der Waals surface area contributed by atoms with Gasteiger partial charge in [-0.3, -0.25) is 9.48 Å². The Kier molecular flexibility index (Phi) is 3.53. The first-order valence-electron chi connectivity index (χ1n) is 5.47. The maximum absolute atomic E-state index is 10.7. The van der Waals surface area contributed by atoms with E-state index in [9.17, 15) is 4.79 Å². The Hall–Kier alpha value is -0.970. The molecule has 5 heteroatoms. The average molecular weight is 240 g/mol. The van der Waals surface area contributed by atoms with Crippen LogP contribution in [0.25, 0.3) is 0 Å². The van der Waals surface area contributed by atoms with E-state index in [0.717, 1.165) is 30.9 Å². The largest absolute Gasteiger partial charge is 0.481 e. The van der Waals surface area contributed by atoms with Gasteiger partial charge in [0.2, 0.25) is 0 Å². The summed E-state index contributed by atoms with van der Waals surface area (Å²) in [5, 5.41) is 12.9. The van der Waals surface area contributed by atoms with Gasteiger partial charge in [-0.15, -0.1) is 0 Å². The van der Waals surface area contributed by atoms with Gasteiger partial charge in [-0.05, 0) is 30.1 Å². The minimum atomic E-state index is -0.662. The highest BCUT2D eigenvalue weighted by Crippen LogP contribution is 2.50. The molecule has 2 rings (SSSR count). The highest BCUT2D eigenvalue weighted by atomic mass is 32.2. The van der Waals surface area contributed by atoms with Gasteiger partial charge in [0.25, 0.3) is 0 Å². The number of carboxylic acid groups (broad SMARTS) is 1. The SMILES string of the molecule is O=C(O)CC1(CSCCn2cccn2)CC1. The second-order valence-electron chi connectivity index (χ2n) is 4.39. The van der Waals surface area contributed by atoms with Gasteiger partial charge in [0.05, 0.1) is 6.42 Å². The number of aromatic nitrogens is 2. The van der Waals surface area contributed by atoms with Gasteiger partial charge in [-0.25, -0.2) is 0 Å². The minimum Gasteiger partial charge on any atom is -0.481 e. The van der Waals surface area contributed by atoms with E-state index in [-0.39, 0.29) is 5.41 Å². The van der Waals surface area contributed by atoms with Crippen molar-refractivity contribution in [3.8, 4) is 0 Å². The Morgan fingerprint density at radius 3 is 2.94 bits per heavy atom. The zero-order valence-corrected chi connectivity index (χ0v) is 9.95. The fourth-order valence-electron chi connectivity index (χ4n) is 1.75. The molecule has 1 aliphatic carbocycles. The maximum Gasteiger partial charge on any atom is 0.303 e. The molecule has 0 amide bonds. The summed E-state index contributed by atoms with van der Waals surface area (Å²) in [5.74, 6) is 1.31. The molecule has 1 fully saturated rings. The van der Waals surface area contributed by atoms with Gasteiger partial charge in [0.15, 0.2) is 0 Å². The zero-order valence-electron chi connectivity index (χ0n) is 9.13. The van der Waals surface area contributed by atoms with Crippen LogP contribution in [0.5, 0.6) is 0 Å². The number of aliphatic carboxylic acids is 1. The van der Waals surface area contributed by atoms with Crippen LogP contribution in [0.3, 0.4) is 0 Å². The summed E-state index contributed by atoms with van der Waals surface area (Å²) in [6.45, 7) is 0.904. The molecule has 0 unspecified atom stereocenters. The molecular formula is C11H16N2O2S. The normalized spacial score (nSPS) is 17.2. The Morgan fingerprint density at radius 1 is 1.56 bits per heavy atom. The number of carboxylic acids is 1. The van der Waals surface area contributed by atoms with Gasteiger partial charge in [-0.1, -0.05) is 0 Å². The molecule has 1 aromatic rings. The number of nitrogens with zero attached hydrogens (tertiary/aromatic N) is 2. The van der Waals surface area contributed by atoms with E-state index in [4.69, 9.17) is 5.11 Å². The molecule has 16 heavy (non-hydrogen) atoms. The molecule has 0 aromatic carbocycles. The van der Waals surface area contributed by atoms with E-state index in [2.05, 4.69) is 5.10 Å². The van der Waals surface area contributed by atoms with Crippen molar-refractivity contribution in [3.05, 3.63) is 18.5 Å². The molecule has 1 saturated carbocycles. The van der Waals surface area contributed by atoms with Crippen LogP contribution < -0.4 is 0 Å². The molecule has 88 valence electrons. The summed E-state index contributed by atoms with van der Waals surface area (Å²) in [4.78, 5) is 10.7. The standard InChI is InChI=1S/C11H16N2O2S/c14-10(15)8-11(2-3-11)9-16-7-6-13-5-1-4-12-13/h1,4-5H,2-3,6-9H2,(H,14,15). The minimum absolute atomic E-state index is 0.112. The maximum atomic E-state index is 10.7. The van der Waals surface area contributed by atoms with E-state index in [1.54, 1.807) is 6.20 Å². The van der Waals surface area contributed by atoms with E-state index >= 15 is 0 Å². The van der Waals surface area contributed by atoms with Crippen LogP contribution in [-0.2, 0) is 11.3 Å². The van der Waals surface area contributed by atoms with Crippen molar-refractivity contribution in [1.82, 2.24) is 9.78 Å². The lowest BCUT2D eigenvalue weighted by Crippen LogP contribution is -2.12. The van der Waals surface area contributed by atoms with Gasteiger partial charge < -0.3 is 5.11 Å².